The number of carbonyl (C=O) groups is 1. The Balaban J connectivity index is 1.89. The minimum absolute atomic E-state index is 0.197. The van der Waals surface area contributed by atoms with E-state index in [1.807, 2.05) is 0 Å². The van der Waals surface area contributed by atoms with Crippen LogP contribution in [-0.2, 0) is 23.1 Å². The first-order chi connectivity index (χ1) is 5.86. The van der Waals surface area contributed by atoms with E-state index in [9.17, 15) is 4.79 Å². The van der Waals surface area contributed by atoms with E-state index < -0.39 is 14.6 Å². The first-order valence-corrected chi connectivity index (χ1v) is 4.57. The Kier molecular flexibility index (Phi) is 2.26. The van der Waals surface area contributed by atoms with Crippen molar-refractivity contribution in [1.29, 1.82) is 0 Å². The Bertz CT molecular complexity index is 220. The molecule has 0 unspecified atom stereocenters. The number of carbonyl (C=O) groups excluding carboxylic acids is 1. The van der Waals surface area contributed by atoms with E-state index in [-0.39, 0.29) is 12.4 Å². The first kappa shape index (κ1) is 7.98. The second kappa shape index (κ2) is 3.39. The van der Waals surface area contributed by atoms with Crippen molar-refractivity contribution in [2.45, 2.75) is 0 Å². The molecule has 1 saturated heterocycles. The van der Waals surface area contributed by atoms with Crippen molar-refractivity contribution in [2.75, 3.05) is 19.8 Å². The zero-order chi connectivity index (χ0) is 8.39. The van der Waals surface area contributed by atoms with Gasteiger partial charge in [0.05, 0.1) is 13.2 Å². The summed E-state index contributed by atoms with van der Waals surface area (Å²) >= 11 is 0. The molecule has 1 fully saturated rings. The van der Waals surface area contributed by atoms with Crippen LogP contribution >= 0.6 is 8.60 Å². The van der Waals surface area contributed by atoms with Gasteiger partial charge >= 0.3 is 14.6 Å². The highest BCUT2D eigenvalue weighted by Crippen LogP contribution is 2.45. The number of hydrogen-bond acceptors (Lipinski definition) is 5. The molecule has 0 aromatic carbocycles. The Labute approximate surface area is 70.2 Å². The first-order valence-electron chi connectivity index (χ1n) is 3.47. The quantitative estimate of drug-likeness (QED) is 0.474. The summed E-state index contributed by atoms with van der Waals surface area (Å²) in [5, 5.41) is 0. The Morgan fingerprint density at radius 2 is 2.17 bits per heavy atom. The summed E-state index contributed by atoms with van der Waals surface area (Å²) in [4.78, 5) is 10.8. The molecular weight excluding hydrogens is 183 g/mol. The minimum atomic E-state index is -1.35. The van der Waals surface area contributed by atoms with Crippen molar-refractivity contribution < 1.29 is 23.1 Å². The van der Waals surface area contributed by atoms with Gasteiger partial charge in [-0.2, -0.15) is 0 Å². The molecule has 0 aliphatic carbocycles. The lowest BCUT2D eigenvalue weighted by atomic mass is 10.5. The van der Waals surface area contributed by atoms with Crippen LogP contribution in [0.1, 0.15) is 0 Å². The van der Waals surface area contributed by atoms with Gasteiger partial charge in [-0.25, -0.2) is 4.79 Å². The molecule has 0 amide bonds. The number of hydrogen-bond donors (Lipinski definition) is 0. The van der Waals surface area contributed by atoms with Gasteiger partial charge in [0.25, 0.3) is 0 Å². The van der Waals surface area contributed by atoms with Crippen LogP contribution in [-0.4, -0.2) is 25.8 Å². The average molecular weight is 190 g/mol. The lowest BCUT2D eigenvalue weighted by Gasteiger charge is -2.06. The number of esters is 1. The van der Waals surface area contributed by atoms with Gasteiger partial charge < -0.3 is 18.3 Å². The highest BCUT2D eigenvalue weighted by molar-refractivity contribution is 7.42. The summed E-state index contributed by atoms with van der Waals surface area (Å²) in [6.45, 7) is 1.32. The number of ether oxygens (including phenoxy) is 1. The van der Waals surface area contributed by atoms with Gasteiger partial charge in [-0.15, -0.1) is 0 Å². The minimum Gasteiger partial charge on any atom is -0.455 e. The van der Waals surface area contributed by atoms with Crippen LogP contribution in [0.5, 0.6) is 0 Å². The van der Waals surface area contributed by atoms with Crippen LogP contribution in [0.4, 0.5) is 0 Å². The predicted octanol–water partition coefficient (Wildman–Crippen LogP) is 0.717. The fourth-order valence-corrected chi connectivity index (χ4v) is 1.75. The van der Waals surface area contributed by atoms with Gasteiger partial charge in [0.2, 0.25) is 5.76 Å². The molecule has 0 radical (unpaired) electrons. The second-order valence-corrected chi connectivity index (χ2v) is 3.29. The molecule has 0 aromatic heterocycles. The van der Waals surface area contributed by atoms with Gasteiger partial charge in [-0.05, 0) is 0 Å². The molecule has 2 aliphatic rings. The topological polar surface area (TPSA) is 54.0 Å². The molecule has 0 atom stereocenters. The van der Waals surface area contributed by atoms with E-state index in [1.165, 1.54) is 0 Å². The highest BCUT2D eigenvalue weighted by Gasteiger charge is 2.27. The van der Waals surface area contributed by atoms with Crippen LogP contribution in [0.2, 0.25) is 0 Å². The summed E-state index contributed by atoms with van der Waals surface area (Å²) in [5.41, 5.74) is 0. The molecular formula is C6H7O5P. The van der Waals surface area contributed by atoms with Crippen LogP contribution in [0.15, 0.2) is 11.8 Å². The molecule has 6 heteroatoms. The van der Waals surface area contributed by atoms with E-state index >= 15 is 0 Å². The summed E-state index contributed by atoms with van der Waals surface area (Å²) in [7, 11) is -1.35. The molecule has 2 aliphatic heterocycles. The molecule has 0 bridgehead atoms. The van der Waals surface area contributed by atoms with Crippen LogP contribution < -0.4 is 0 Å². The molecule has 2 rings (SSSR count). The van der Waals surface area contributed by atoms with Crippen molar-refractivity contribution in [3.8, 4) is 0 Å². The molecule has 0 aromatic rings. The molecule has 0 spiro atoms. The largest absolute Gasteiger partial charge is 0.455 e. The molecule has 0 N–H and O–H groups in total. The summed E-state index contributed by atoms with van der Waals surface area (Å²) < 4.78 is 19.8. The van der Waals surface area contributed by atoms with E-state index in [2.05, 4.69) is 4.74 Å². The zero-order valence-electron chi connectivity index (χ0n) is 6.19. The number of rotatable bonds is 2. The van der Waals surface area contributed by atoms with E-state index in [4.69, 9.17) is 13.6 Å². The van der Waals surface area contributed by atoms with Crippen molar-refractivity contribution in [3.63, 3.8) is 0 Å². The summed E-state index contributed by atoms with van der Waals surface area (Å²) in [6.07, 6.45) is 1.57. The monoisotopic (exact) mass is 190 g/mol. The lowest BCUT2D eigenvalue weighted by molar-refractivity contribution is -0.138. The SMILES string of the molecule is O=C1OCC=C1OP1OCCO1. The third kappa shape index (κ3) is 1.58. The third-order valence-electron chi connectivity index (χ3n) is 1.33. The van der Waals surface area contributed by atoms with Gasteiger partial charge in [-0.3, -0.25) is 0 Å². The molecule has 0 saturated carbocycles. The van der Waals surface area contributed by atoms with Crippen molar-refractivity contribution in [1.82, 2.24) is 0 Å². The fraction of sp³-hybridized carbons (Fsp3) is 0.500. The zero-order valence-corrected chi connectivity index (χ0v) is 7.08. The lowest BCUT2D eigenvalue weighted by Crippen LogP contribution is -2.00. The Morgan fingerprint density at radius 3 is 2.75 bits per heavy atom. The Morgan fingerprint density at radius 1 is 1.42 bits per heavy atom. The molecule has 5 nitrogen and oxygen atoms in total. The predicted molar refractivity (Wildman–Crippen MR) is 39.0 cm³/mol. The molecule has 12 heavy (non-hydrogen) atoms. The maximum Gasteiger partial charge on any atom is 0.397 e. The second-order valence-electron chi connectivity index (χ2n) is 2.15. The van der Waals surface area contributed by atoms with Crippen LogP contribution in [0, 0.1) is 0 Å². The summed E-state index contributed by atoms with van der Waals surface area (Å²) in [6, 6.07) is 0. The summed E-state index contributed by atoms with van der Waals surface area (Å²) in [5.74, 6) is -0.250. The van der Waals surface area contributed by atoms with Crippen LogP contribution in [0.25, 0.3) is 0 Å². The third-order valence-corrected chi connectivity index (χ3v) is 2.47. The normalized spacial score (nSPS) is 24.0. The number of cyclic esters (lactones) is 1. The van der Waals surface area contributed by atoms with Crippen molar-refractivity contribution in [2.24, 2.45) is 0 Å². The maximum atomic E-state index is 10.8. The fourth-order valence-electron chi connectivity index (χ4n) is 0.816. The average Bonchev–Trinajstić information content (AvgIpc) is 2.65. The highest BCUT2D eigenvalue weighted by atomic mass is 31.2. The van der Waals surface area contributed by atoms with E-state index in [0.29, 0.717) is 13.2 Å². The van der Waals surface area contributed by atoms with Gasteiger partial charge in [0, 0.05) is 6.08 Å². The smallest absolute Gasteiger partial charge is 0.397 e. The van der Waals surface area contributed by atoms with Crippen molar-refractivity contribution in [3.05, 3.63) is 11.8 Å². The Hall–Kier alpha value is -0.640. The molecule has 2 heterocycles. The maximum absolute atomic E-state index is 10.8. The van der Waals surface area contributed by atoms with Crippen LogP contribution in [0.3, 0.4) is 0 Å². The van der Waals surface area contributed by atoms with Gasteiger partial charge in [-0.1, -0.05) is 0 Å². The van der Waals surface area contributed by atoms with Gasteiger partial charge in [0.15, 0.2) is 0 Å². The van der Waals surface area contributed by atoms with Crippen molar-refractivity contribution >= 4 is 14.6 Å². The van der Waals surface area contributed by atoms with E-state index in [1.54, 1.807) is 6.08 Å². The van der Waals surface area contributed by atoms with E-state index in [0.717, 1.165) is 0 Å². The van der Waals surface area contributed by atoms with Gasteiger partial charge in [0.1, 0.15) is 6.61 Å². The standard InChI is InChI=1S/C6H7O5P/c7-6-5(1-2-8-6)11-12-9-3-4-10-12/h1H,2-4H2. The molecule has 66 valence electrons.